The molecule has 0 aliphatic carbocycles. The smallest absolute Gasteiger partial charge is 0.238 e. The second-order valence-electron chi connectivity index (χ2n) is 4.94. The number of hydrogen-bond acceptors (Lipinski definition) is 2. The molecule has 3 nitrogen and oxygen atoms in total. The number of nitrogens with zero attached hydrogens (tertiary/aromatic N) is 1. The molecule has 1 heterocycles. The van der Waals surface area contributed by atoms with E-state index in [4.69, 9.17) is 0 Å². The van der Waals surface area contributed by atoms with Crippen LogP contribution in [0.4, 0.5) is 0 Å². The number of aryl methyl sites for hydroxylation is 1. The zero-order valence-electron chi connectivity index (χ0n) is 11.4. The summed E-state index contributed by atoms with van der Waals surface area (Å²) in [5.41, 5.74) is 2.51. The van der Waals surface area contributed by atoms with Gasteiger partial charge in [0.15, 0.2) is 0 Å². The van der Waals surface area contributed by atoms with Crippen molar-refractivity contribution in [1.29, 1.82) is 0 Å². The van der Waals surface area contributed by atoms with Crippen molar-refractivity contribution in [2.24, 2.45) is 0 Å². The van der Waals surface area contributed by atoms with Crippen LogP contribution < -0.4 is 5.32 Å². The van der Waals surface area contributed by atoms with Crippen molar-refractivity contribution in [3.8, 4) is 0 Å². The van der Waals surface area contributed by atoms with Crippen molar-refractivity contribution in [2.75, 3.05) is 6.54 Å². The second-order valence-corrected chi connectivity index (χ2v) is 4.94. The van der Waals surface area contributed by atoms with Gasteiger partial charge in [0, 0.05) is 6.04 Å². The normalized spacial score (nSPS) is 21.4. The average molecular weight is 246 g/mol. The standard InChI is InChI=1S/C15H22N2O/c1-4-11(3)17-14(18)10-16-15(17)13-8-6-12(5-2)7-9-13/h6-9,11,15-16H,4-5,10H2,1-3H3. The Balaban J connectivity index is 2.22. The highest BCUT2D eigenvalue weighted by atomic mass is 16.2. The van der Waals surface area contributed by atoms with Gasteiger partial charge >= 0.3 is 0 Å². The van der Waals surface area contributed by atoms with Crippen LogP contribution in [-0.4, -0.2) is 23.4 Å². The predicted molar refractivity (Wildman–Crippen MR) is 73.2 cm³/mol. The van der Waals surface area contributed by atoms with E-state index in [2.05, 4.69) is 50.4 Å². The fraction of sp³-hybridized carbons (Fsp3) is 0.533. The molecule has 18 heavy (non-hydrogen) atoms. The van der Waals surface area contributed by atoms with Gasteiger partial charge < -0.3 is 4.90 Å². The molecule has 1 aliphatic heterocycles. The van der Waals surface area contributed by atoms with Crippen molar-refractivity contribution in [1.82, 2.24) is 10.2 Å². The number of benzene rings is 1. The third-order valence-electron chi connectivity index (χ3n) is 3.78. The van der Waals surface area contributed by atoms with E-state index in [1.807, 2.05) is 4.90 Å². The van der Waals surface area contributed by atoms with Gasteiger partial charge in [-0.3, -0.25) is 10.1 Å². The lowest BCUT2D eigenvalue weighted by Crippen LogP contribution is -2.37. The highest BCUT2D eigenvalue weighted by molar-refractivity contribution is 5.81. The van der Waals surface area contributed by atoms with Crippen LogP contribution in [0.2, 0.25) is 0 Å². The average Bonchev–Trinajstić information content (AvgIpc) is 2.80. The molecule has 1 aliphatic rings. The Kier molecular flexibility index (Phi) is 4.02. The fourth-order valence-electron chi connectivity index (χ4n) is 2.43. The molecule has 1 aromatic carbocycles. The maximum Gasteiger partial charge on any atom is 0.238 e. The van der Waals surface area contributed by atoms with Gasteiger partial charge in [0.1, 0.15) is 6.17 Å². The number of rotatable bonds is 4. The van der Waals surface area contributed by atoms with Crippen LogP contribution in [-0.2, 0) is 11.2 Å². The van der Waals surface area contributed by atoms with Crippen LogP contribution in [0.25, 0.3) is 0 Å². The molecular formula is C15H22N2O. The Labute approximate surface area is 109 Å². The third kappa shape index (κ3) is 2.41. The SMILES string of the molecule is CCc1ccc(C2NCC(=O)N2C(C)CC)cc1. The first-order valence-corrected chi connectivity index (χ1v) is 6.80. The lowest BCUT2D eigenvalue weighted by molar-refractivity contribution is -0.130. The molecule has 2 atom stereocenters. The van der Waals surface area contributed by atoms with Crippen LogP contribution in [0.1, 0.15) is 44.5 Å². The molecule has 2 unspecified atom stereocenters. The van der Waals surface area contributed by atoms with Crippen LogP contribution in [0.15, 0.2) is 24.3 Å². The van der Waals surface area contributed by atoms with Crippen molar-refractivity contribution >= 4 is 5.91 Å². The third-order valence-corrected chi connectivity index (χ3v) is 3.78. The zero-order valence-corrected chi connectivity index (χ0v) is 11.4. The Morgan fingerprint density at radius 3 is 2.56 bits per heavy atom. The van der Waals surface area contributed by atoms with Gasteiger partial charge in [-0.15, -0.1) is 0 Å². The molecular weight excluding hydrogens is 224 g/mol. The van der Waals surface area contributed by atoms with Gasteiger partial charge in [0.2, 0.25) is 5.91 Å². The van der Waals surface area contributed by atoms with Crippen molar-refractivity contribution < 1.29 is 4.79 Å². The molecule has 0 bridgehead atoms. The molecule has 1 N–H and O–H groups in total. The van der Waals surface area contributed by atoms with Gasteiger partial charge in [-0.1, -0.05) is 38.1 Å². The van der Waals surface area contributed by atoms with E-state index in [-0.39, 0.29) is 18.1 Å². The Morgan fingerprint density at radius 2 is 2.00 bits per heavy atom. The fourth-order valence-corrected chi connectivity index (χ4v) is 2.43. The van der Waals surface area contributed by atoms with Gasteiger partial charge in [0.05, 0.1) is 6.54 Å². The summed E-state index contributed by atoms with van der Waals surface area (Å²) in [4.78, 5) is 13.9. The van der Waals surface area contributed by atoms with E-state index in [0.29, 0.717) is 6.54 Å². The Hall–Kier alpha value is -1.35. The highest BCUT2D eigenvalue weighted by Crippen LogP contribution is 2.26. The lowest BCUT2D eigenvalue weighted by Gasteiger charge is -2.30. The zero-order chi connectivity index (χ0) is 13.1. The first-order chi connectivity index (χ1) is 8.67. The minimum absolute atomic E-state index is 0.0401. The molecule has 1 fully saturated rings. The van der Waals surface area contributed by atoms with E-state index in [1.165, 1.54) is 11.1 Å². The van der Waals surface area contributed by atoms with Crippen molar-refractivity contribution in [3.63, 3.8) is 0 Å². The summed E-state index contributed by atoms with van der Waals surface area (Å²) < 4.78 is 0. The minimum atomic E-state index is 0.0401. The van der Waals surface area contributed by atoms with Crippen molar-refractivity contribution in [3.05, 3.63) is 35.4 Å². The molecule has 0 spiro atoms. The van der Waals surface area contributed by atoms with E-state index in [1.54, 1.807) is 0 Å². The first kappa shape index (κ1) is 13.1. The van der Waals surface area contributed by atoms with Gasteiger partial charge in [-0.25, -0.2) is 0 Å². The molecule has 1 aromatic rings. The molecule has 0 radical (unpaired) electrons. The Morgan fingerprint density at radius 1 is 1.33 bits per heavy atom. The summed E-state index contributed by atoms with van der Waals surface area (Å²) in [5.74, 6) is 0.203. The second kappa shape index (κ2) is 5.53. The van der Waals surface area contributed by atoms with Crippen molar-refractivity contribution in [2.45, 2.75) is 45.8 Å². The molecule has 1 amide bonds. The molecule has 2 rings (SSSR count). The Bertz CT molecular complexity index is 413. The summed E-state index contributed by atoms with van der Waals surface area (Å²) in [7, 11) is 0. The molecule has 1 saturated heterocycles. The minimum Gasteiger partial charge on any atom is -0.319 e. The van der Waals surface area contributed by atoms with Gasteiger partial charge in [-0.2, -0.15) is 0 Å². The maximum absolute atomic E-state index is 11.9. The number of hydrogen-bond donors (Lipinski definition) is 1. The first-order valence-electron chi connectivity index (χ1n) is 6.80. The summed E-state index contributed by atoms with van der Waals surface area (Å²) in [6.45, 7) is 6.83. The molecule has 0 aromatic heterocycles. The number of nitrogens with one attached hydrogen (secondary N) is 1. The number of carbonyl (C=O) groups excluding carboxylic acids is 1. The van der Waals surface area contributed by atoms with Gasteiger partial charge in [-0.05, 0) is 30.9 Å². The summed E-state index contributed by atoms with van der Waals surface area (Å²) in [5, 5.41) is 3.30. The van der Waals surface area contributed by atoms with E-state index in [0.717, 1.165) is 12.8 Å². The summed E-state index contributed by atoms with van der Waals surface area (Å²) in [6.07, 6.45) is 2.07. The largest absolute Gasteiger partial charge is 0.319 e. The highest BCUT2D eigenvalue weighted by Gasteiger charge is 2.34. The van der Waals surface area contributed by atoms with Crippen LogP contribution in [0, 0.1) is 0 Å². The molecule has 98 valence electrons. The number of amides is 1. The maximum atomic E-state index is 11.9. The lowest BCUT2D eigenvalue weighted by atomic mass is 10.1. The van der Waals surface area contributed by atoms with E-state index >= 15 is 0 Å². The van der Waals surface area contributed by atoms with Crippen LogP contribution >= 0.6 is 0 Å². The van der Waals surface area contributed by atoms with Crippen LogP contribution in [0.3, 0.4) is 0 Å². The monoisotopic (exact) mass is 246 g/mol. The topological polar surface area (TPSA) is 32.3 Å². The van der Waals surface area contributed by atoms with E-state index < -0.39 is 0 Å². The molecule has 0 saturated carbocycles. The van der Waals surface area contributed by atoms with E-state index in [9.17, 15) is 4.79 Å². The van der Waals surface area contributed by atoms with Gasteiger partial charge in [0.25, 0.3) is 0 Å². The van der Waals surface area contributed by atoms with Crippen LogP contribution in [0.5, 0.6) is 0 Å². The summed E-state index contributed by atoms with van der Waals surface area (Å²) in [6, 6.07) is 8.83. The summed E-state index contributed by atoms with van der Waals surface area (Å²) >= 11 is 0. The number of carbonyl (C=O) groups is 1. The predicted octanol–water partition coefficient (Wildman–Crippen LogP) is 2.48. The quantitative estimate of drug-likeness (QED) is 0.885. The molecule has 3 heteroatoms.